The molecule has 1 unspecified atom stereocenters. The lowest BCUT2D eigenvalue weighted by molar-refractivity contribution is 0.333. The van der Waals surface area contributed by atoms with Crippen molar-refractivity contribution in [1.29, 1.82) is 0 Å². The predicted octanol–water partition coefficient (Wildman–Crippen LogP) is 1.95. The minimum atomic E-state index is 0.141. The summed E-state index contributed by atoms with van der Waals surface area (Å²) in [5, 5.41) is 0. The third-order valence-corrected chi connectivity index (χ3v) is 2.80. The van der Waals surface area contributed by atoms with Crippen molar-refractivity contribution in [3.63, 3.8) is 0 Å². The number of benzene rings is 1. The van der Waals surface area contributed by atoms with E-state index >= 15 is 0 Å². The third-order valence-electron chi connectivity index (χ3n) is 2.13. The van der Waals surface area contributed by atoms with Crippen LogP contribution in [0.15, 0.2) is 24.3 Å². The van der Waals surface area contributed by atoms with Gasteiger partial charge in [-0.15, -0.1) is 0 Å². The molecule has 0 amide bonds. The molecule has 0 heterocycles. The molecule has 0 radical (unpaired) electrons. The molecule has 0 spiro atoms. The van der Waals surface area contributed by atoms with Crippen molar-refractivity contribution in [2.24, 2.45) is 5.84 Å². The highest BCUT2D eigenvalue weighted by atomic mass is 32.2. The maximum atomic E-state index is 5.56. The molecular formula is C11H18N2OS. The second-order valence-electron chi connectivity index (χ2n) is 3.15. The topological polar surface area (TPSA) is 47.3 Å². The van der Waals surface area contributed by atoms with E-state index < -0.39 is 0 Å². The summed E-state index contributed by atoms with van der Waals surface area (Å²) in [7, 11) is 0. The monoisotopic (exact) mass is 226 g/mol. The lowest BCUT2D eigenvalue weighted by Crippen LogP contribution is -2.30. The number of thioether (sulfide) groups is 1. The number of ether oxygens (including phenoxy) is 1. The molecule has 4 heteroatoms. The Labute approximate surface area is 95.4 Å². The number of rotatable bonds is 6. The number of nitrogens with two attached hydrogens (primary N) is 1. The van der Waals surface area contributed by atoms with E-state index in [0.717, 1.165) is 17.1 Å². The van der Waals surface area contributed by atoms with Crippen molar-refractivity contribution in [3.05, 3.63) is 29.8 Å². The molecular weight excluding hydrogens is 208 g/mol. The van der Waals surface area contributed by atoms with E-state index in [1.165, 1.54) is 0 Å². The Morgan fingerprint density at radius 3 is 2.80 bits per heavy atom. The molecule has 0 aliphatic rings. The van der Waals surface area contributed by atoms with E-state index in [-0.39, 0.29) is 6.04 Å². The zero-order valence-corrected chi connectivity index (χ0v) is 10.0. The van der Waals surface area contributed by atoms with Crippen LogP contribution in [0.5, 0.6) is 5.75 Å². The van der Waals surface area contributed by atoms with Gasteiger partial charge in [0.25, 0.3) is 0 Å². The van der Waals surface area contributed by atoms with Crippen LogP contribution in [0.2, 0.25) is 0 Å². The fourth-order valence-corrected chi connectivity index (χ4v) is 2.06. The molecule has 0 saturated carbocycles. The van der Waals surface area contributed by atoms with Crippen LogP contribution in [0.1, 0.15) is 18.5 Å². The summed E-state index contributed by atoms with van der Waals surface area (Å²) >= 11 is 1.76. The maximum Gasteiger partial charge on any atom is 0.124 e. The van der Waals surface area contributed by atoms with Crippen LogP contribution >= 0.6 is 11.8 Å². The summed E-state index contributed by atoms with van der Waals surface area (Å²) in [5.41, 5.74) is 3.94. The zero-order chi connectivity index (χ0) is 11.1. The van der Waals surface area contributed by atoms with Gasteiger partial charge < -0.3 is 4.74 Å². The zero-order valence-electron chi connectivity index (χ0n) is 9.19. The number of nitrogens with one attached hydrogen (secondary N) is 1. The van der Waals surface area contributed by atoms with E-state index in [1.54, 1.807) is 11.8 Å². The quantitative estimate of drug-likeness (QED) is 0.575. The van der Waals surface area contributed by atoms with Crippen molar-refractivity contribution in [3.8, 4) is 5.75 Å². The SMILES string of the molecule is CCOc1ccccc1C(CSC)NN. The minimum Gasteiger partial charge on any atom is -0.494 e. The maximum absolute atomic E-state index is 5.56. The molecule has 0 saturated heterocycles. The van der Waals surface area contributed by atoms with Crippen LogP contribution in [-0.2, 0) is 0 Å². The number of hydrogen-bond acceptors (Lipinski definition) is 4. The summed E-state index contributed by atoms with van der Waals surface area (Å²) < 4.78 is 5.56. The van der Waals surface area contributed by atoms with Crippen molar-refractivity contribution in [2.45, 2.75) is 13.0 Å². The first kappa shape index (κ1) is 12.4. The van der Waals surface area contributed by atoms with Crippen LogP contribution < -0.4 is 16.0 Å². The van der Waals surface area contributed by atoms with Gasteiger partial charge in [-0.05, 0) is 19.2 Å². The lowest BCUT2D eigenvalue weighted by atomic mass is 10.1. The molecule has 0 fully saturated rings. The first-order valence-electron chi connectivity index (χ1n) is 5.00. The van der Waals surface area contributed by atoms with E-state index in [1.807, 2.05) is 31.2 Å². The van der Waals surface area contributed by atoms with Crippen molar-refractivity contribution < 1.29 is 4.74 Å². The molecule has 1 atom stereocenters. The van der Waals surface area contributed by atoms with Crippen LogP contribution in [-0.4, -0.2) is 18.6 Å². The van der Waals surface area contributed by atoms with E-state index in [4.69, 9.17) is 10.6 Å². The van der Waals surface area contributed by atoms with Crippen molar-refractivity contribution in [1.82, 2.24) is 5.43 Å². The van der Waals surface area contributed by atoms with Crippen LogP contribution in [0.4, 0.5) is 0 Å². The summed E-state index contributed by atoms with van der Waals surface area (Å²) in [6.07, 6.45) is 2.06. The molecule has 0 bridgehead atoms. The fourth-order valence-electron chi connectivity index (χ4n) is 1.45. The van der Waals surface area contributed by atoms with Gasteiger partial charge in [-0.3, -0.25) is 11.3 Å². The molecule has 1 aromatic carbocycles. The average Bonchev–Trinajstić information content (AvgIpc) is 2.27. The lowest BCUT2D eigenvalue weighted by Gasteiger charge is -2.18. The average molecular weight is 226 g/mol. The molecule has 15 heavy (non-hydrogen) atoms. The first-order valence-corrected chi connectivity index (χ1v) is 6.39. The Morgan fingerprint density at radius 1 is 1.47 bits per heavy atom. The van der Waals surface area contributed by atoms with Gasteiger partial charge in [0.1, 0.15) is 5.75 Å². The van der Waals surface area contributed by atoms with E-state index in [2.05, 4.69) is 11.7 Å². The smallest absolute Gasteiger partial charge is 0.124 e. The van der Waals surface area contributed by atoms with Gasteiger partial charge >= 0.3 is 0 Å². The van der Waals surface area contributed by atoms with Gasteiger partial charge in [-0.25, -0.2) is 0 Å². The van der Waals surface area contributed by atoms with Gasteiger partial charge in [0.2, 0.25) is 0 Å². The Bertz CT molecular complexity index is 294. The normalized spacial score (nSPS) is 12.5. The van der Waals surface area contributed by atoms with Gasteiger partial charge in [0.05, 0.1) is 12.6 Å². The largest absolute Gasteiger partial charge is 0.494 e. The van der Waals surface area contributed by atoms with E-state index in [0.29, 0.717) is 6.61 Å². The Hall–Kier alpha value is -0.710. The molecule has 0 aromatic heterocycles. The Morgan fingerprint density at radius 2 is 2.20 bits per heavy atom. The number of hydrazine groups is 1. The summed E-state index contributed by atoms with van der Waals surface area (Å²) in [4.78, 5) is 0. The predicted molar refractivity (Wildman–Crippen MR) is 66.1 cm³/mol. The minimum absolute atomic E-state index is 0.141. The second kappa shape index (κ2) is 6.71. The number of hydrogen-bond donors (Lipinski definition) is 2. The van der Waals surface area contributed by atoms with Gasteiger partial charge in [0.15, 0.2) is 0 Å². The molecule has 3 nitrogen and oxygen atoms in total. The highest BCUT2D eigenvalue weighted by Gasteiger charge is 2.13. The Kier molecular flexibility index (Phi) is 5.53. The van der Waals surface area contributed by atoms with Crippen LogP contribution in [0.3, 0.4) is 0 Å². The molecule has 0 aliphatic carbocycles. The number of para-hydroxylation sites is 1. The van der Waals surface area contributed by atoms with Gasteiger partial charge in [-0.1, -0.05) is 18.2 Å². The summed E-state index contributed by atoms with van der Waals surface area (Å²) in [5.74, 6) is 7.38. The van der Waals surface area contributed by atoms with E-state index in [9.17, 15) is 0 Å². The second-order valence-corrected chi connectivity index (χ2v) is 4.06. The van der Waals surface area contributed by atoms with Crippen LogP contribution in [0, 0.1) is 0 Å². The Balaban J connectivity index is 2.88. The van der Waals surface area contributed by atoms with Gasteiger partial charge in [0, 0.05) is 11.3 Å². The standard InChI is InChI=1S/C11H18N2OS/c1-3-14-11-7-5-4-6-9(11)10(13-12)8-15-2/h4-7,10,13H,3,8,12H2,1-2H3. The molecule has 3 N–H and O–H groups in total. The van der Waals surface area contributed by atoms with Gasteiger partial charge in [-0.2, -0.15) is 11.8 Å². The van der Waals surface area contributed by atoms with Crippen molar-refractivity contribution in [2.75, 3.05) is 18.6 Å². The highest BCUT2D eigenvalue weighted by Crippen LogP contribution is 2.26. The summed E-state index contributed by atoms with van der Waals surface area (Å²) in [6, 6.07) is 8.14. The van der Waals surface area contributed by atoms with Crippen LogP contribution in [0.25, 0.3) is 0 Å². The van der Waals surface area contributed by atoms with Crippen molar-refractivity contribution >= 4 is 11.8 Å². The fraction of sp³-hybridized carbons (Fsp3) is 0.455. The molecule has 84 valence electrons. The highest BCUT2D eigenvalue weighted by molar-refractivity contribution is 7.98. The molecule has 1 aromatic rings. The molecule has 1 rings (SSSR count). The first-order chi connectivity index (χ1) is 7.33. The molecule has 0 aliphatic heterocycles. The third kappa shape index (κ3) is 3.41. The summed E-state index contributed by atoms with van der Waals surface area (Å²) in [6.45, 7) is 2.66.